The predicted molar refractivity (Wildman–Crippen MR) is 101 cm³/mol. The highest BCUT2D eigenvalue weighted by Gasteiger charge is 2.22. The molecule has 0 atom stereocenters. The van der Waals surface area contributed by atoms with Crippen LogP contribution in [-0.4, -0.2) is 34.9 Å². The highest BCUT2D eigenvalue weighted by atomic mass is 32.1. The molecule has 5 nitrogen and oxygen atoms in total. The zero-order valence-corrected chi connectivity index (χ0v) is 15.2. The van der Waals surface area contributed by atoms with Crippen molar-refractivity contribution in [2.75, 3.05) is 13.2 Å². The number of aromatic amines is 1. The van der Waals surface area contributed by atoms with Gasteiger partial charge < -0.3 is 14.6 Å². The Balaban J connectivity index is 1.26. The highest BCUT2D eigenvalue weighted by molar-refractivity contribution is 7.10. The van der Waals surface area contributed by atoms with E-state index in [-0.39, 0.29) is 24.9 Å². The molecule has 3 heterocycles. The second-order valence-corrected chi connectivity index (χ2v) is 7.46. The van der Waals surface area contributed by atoms with E-state index in [1.165, 1.54) is 10.4 Å². The zero-order valence-electron chi connectivity index (χ0n) is 14.4. The van der Waals surface area contributed by atoms with Crippen LogP contribution in [0.15, 0.2) is 41.9 Å². The minimum Gasteiger partial charge on any atom is -0.456 e. The van der Waals surface area contributed by atoms with E-state index in [9.17, 15) is 9.59 Å². The Morgan fingerprint density at radius 1 is 1.23 bits per heavy atom. The third-order valence-electron chi connectivity index (χ3n) is 4.79. The first-order chi connectivity index (χ1) is 12.7. The van der Waals surface area contributed by atoms with Crippen LogP contribution in [0.4, 0.5) is 0 Å². The number of nitrogens with one attached hydrogen (secondary N) is 1. The summed E-state index contributed by atoms with van der Waals surface area (Å²) in [4.78, 5) is 30.6. The van der Waals surface area contributed by atoms with Gasteiger partial charge in [0.1, 0.15) is 0 Å². The first-order valence-corrected chi connectivity index (χ1v) is 9.62. The van der Waals surface area contributed by atoms with Gasteiger partial charge in [0.05, 0.1) is 0 Å². The van der Waals surface area contributed by atoms with Gasteiger partial charge in [-0.15, -0.1) is 11.3 Å². The van der Waals surface area contributed by atoms with Crippen molar-refractivity contribution in [2.45, 2.75) is 25.8 Å². The molecule has 0 saturated heterocycles. The van der Waals surface area contributed by atoms with Crippen molar-refractivity contribution in [3.63, 3.8) is 0 Å². The Morgan fingerprint density at radius 3 is 3.04 bits per heavy atom. The lowest BCUT2D eigenvalue weighted by atomic mass is 10.1. The number of esters is 1. The Hall–Kier alpha value is -2.60. The summed E-state index contributed by atoms with van der Waals surface area (Å²) in [6.45, 7) is 1.13. The summed E-state index contributed by atoms with van der Waals surface area (Å²) in [6, 6.07) is 10.1. The smallest absolute Gasteiger partial charge is 0.306 e. The third kappa shape index (κ3) is 3.51. The number of nitrogens with zero attached hydrogens (tertiary/aromatic N) is 1. The van der Waals surface area contributed by atoms with E-state index in [0.29, 0.717) is 19.5 Å². The predicted octanol–water partition coefficient (Wildman–Crippen LogP) is 3.29. The Morgan fingerprint density at radius 2 is 2.12 bits per heavy atom. The molecule has 0 unspecified atom stereocenters. The average molecular weight is 368 g/mol. The van der Waals surface area contributed by atoms with Gasteiger partial charge in [-0.25, -0.2) is 0 Å². The largest absolute Gasteiger partial charge is 0.456 e. The van der Waals surface area contributed by atoms with Gasteiger partial charge >= 0.3 is 5.97 Å². The summed E-state index contributed by atoms with van der Waals surface area (Å²) >= 11 is 1.74. The number of carbonyl (C=O) groups excluding carboxylic acids is 2. The van der Waals surface area contributed by atoms with Gasteiger partial charge in [-0.05, 0) is 41.5 Å². The topological polar surface area (TPSA) is 62.4 Å². The molecule has 4 rings (SSSR count). The van der Waals surface area contributed by atoms with Crippen molar-refractivity contribution in [2.24, 2.45) is 0 Å². The molecule has 1 N–H and O–H groups in total. The molecule has 0 fully saturated rings. The molecule has 2 aromatic heterocycles. The number of para-hydroxylation sites is 1. The van der Waals surface area contributed by atoms with Crippen LogP contribution >= 0.6 is 11.3 Å². The van der Waals surface area contributed by atoms with Crippen molar-refractivity contribution in [3.8, 4) is 0 Å². The number of benzene rings is 1. The number of fused-ring (bicyclic) bond motifs is 2. The van der Waals surface area contributed by atoms with Crippen LogP contribution in [0.5, 0.6) is 0 Å². The van der Waals surface area contributed by atoms with Gasteiger partial charge in [-0.3, -0.25) is 9.59 Å². The molecule has 134 valence electrons. The summed E-state index contributed by atoms with van der Waals surface area (Å²) in [5, 5.41) is 3.18. The second-order valence-electron chi connectivity index (χ2n) is 6.45. The van der Waals surface area contributed by atoms with E-state index >= 15 is 0 Å². The lowest BCUT2D eigenvalue weighted by Crippen LogP contribution is -2.38. The normalized spacial score (nSPS) is 13.6. The van der Waals surface area contributed by atoms with E-state index < -0.39 is 0 Å². The van der Waals surface area contributed by atoms with E-state index in [2.05, 4.69) is 16.4 Å². The van der Waals surface area contributed by atoms with Gasteiger partial charge in [0.25, 0.3) is 5.91 Å². The number of hydrogen-bond donors (Lipinski definition) is 1. The monoisotopic (exact) mass is 368 g/mol. The van der Waals surface area contributed by atoms with Crippen LogP contribution in [0.3, 0.4) is 0 Å². The summed E-state index contributed by atoms with van der Waals surface area (Å²) in [6.07, 6.45) is 3.67. The zero-order chi connectivity index (χ0) is 17.9. The van der Waals surface area contributed by atoms with Crippen LogP contribution in [0.1, 0.15) is 22.4 Å². The Labute approximate surface area is 155 Å². The number of hydrogen-bond acceptors (Lipinski definition) is 4. The third-order valence-corrected chi connectivity index (χ3v) is 5.81. The molecule has 6 heteroatoms. The molecule has 26 heavy (non-hydrogen) atoms. The number of ether oxygens (including phenoxy) is 1. The van der Waals surface area contributed by atoms with Crippen LogP contribution < -0.4 is 0 Å². The molecule has 1 aliphatic heterocycles. The number of aromatic nitrogens is 1. The summed E-state index contributed by atoms with van der Waals surface area (Å²) in [5.41, 5.74) is 3.36. The number of thiophene rings is 1. The second kappa shape index (κ2) is 7.33. The SMILES string of the molecule is O=C(CCc1c[nH]c2ccccc12)OCC(=O)N1CCc2sccc2C1. The van der Waals surface area contributed by atoms with Crippen LogP contribution in [0, 0.1) is 0 Å². The van der Waals surface area contributed by atoms with E-state index in [0.717, 1.165) is 22.9 Å². The molecule has 3 aromatic rings. The maximum atomic E-state index is 12.3. The molecule has 0 bridgehead atoms. The quantitative estimate of drug-likeness (QED) is 0.703. The Kier molecular flexibility index (Phi) is 4.75. The van der Waals surface area contributed by atoms with Crippen molar-refractivity contribution in [1.82, 2.24) is 9.88 Å². The van der Waals surface area contributed by atoms with Crippen molar-refractivity contribution < 1.29 is 14.3 Å². The molecule has 1 amide bonds. The first kappa shape index (κ1) is 16.8. The standard InChI is InChI=1S/C20H20N2O3S/c23-19(22-9-7-18-15(12-22)8-10-26-18)13-25-20(24)6-5-14-11-21-17-4-2-1-3-16(14)17/h1-4,8,10-11,21H,5-7,9,12-13H2. The fourth-order valence-electron chi connectivity index (χ4n) is 3.34. The lowest BCUT2D eigenvalue weighted by molar-refractivity contribution is -0.152. The summed E-state index contributed by atoms with van der Waals surface area (Å²) < 4.78 is 5.20. The van der Waals surface area contributed by atoms with Gasteiger partial charge in [-0.1, -0.05) is 18.2 Å². The highest BCUT2D eigenvalue weighted by Crippen LogP contribution is 2.24. The number of aryl methyl sites for hydroxylation is 1. The number of rotatable bonds is 5. The molecular formula is C20H20N2O3S. The molecule has 1 aromatic carbocycles. The summed E-state index contributed by atoms with van der Waals surface area (Å²) in [7, 11) is 0. The molecule has 0 radical (unpaired) electrons. The van der Waals surface area contributed by atoms with Gasteiger partial charge in [-0.2, -0.15) is 0 Å². The van der Waals surface area contributed by atoms with Crippen molar-refractivity contribution >= 4 is 34.1 Å². The summed E-state index contributed by atoms with van der Waals surface area (Å²) in [5.74, 6) is -0.459. The fraction of sp³-hybridized carbons (Fsp3) is 0.300. The lowest BCUT2D eigenvalue weighted by Gasteiger charge is -2.26. The maximum absolute atomic E-state index is 12.3. The van der Waals surface area contributed by atoms with E-state index in [1.807, 2.05) is 30.5 Å². The van der Waals surface area contributed by atoms with Crippen molar-refractivity contribution in [3.05, 3.63) is 57.9 Å². The molecule has 0 saturated carbocycles. The van der Waals surface area contributed by atoms with Crippen LogP contribution in [0.25, 0.3) is 10.9 Å². The van der Waals surface area contributed by atoms with Crippen LogP contribution in [-0.2, 0) is 33.7 Å². The van der Waals surface area contributed by atoms with E-state index in [4.69, 9.17) is 4.74 Å². The molecule has 1 aliphatic rings. The van der Waals surface area contributed by atoms with Gasteiger partial charge in [0.2, 0.25) is 0 Å². The fourth-order valence-corrected chi connectivity index (χ4v) is 4.23. The first-order valence-electron chi connectivity index (χ1n) is 8.74. The maximum Gasteiger partial charge on any atom is 0.306 e. The number of carbonyl (C=O) groups is 2. The number of H-pyrrole nitrogens is 1. The number of amides is 1. The van der Waals surface area contributed by atoms with Crippen LogP contribution in [0.2, 0.25) is 0 Å². The van der Waals surface area contributed by atoms with Gasteiger partial charge in [0.15, 0.2) is 6.61 Å². The Bertz CT molecular complexity index is 943. The molecule has 0 spiro atoms. The average Bonchev–Trinajstić information content (AvgIpc) is 3.30. The molecular weight excluding hydrogens is 348 g/mol. The molecule has 0 aliphatic carbocycles. The minimum absolute atomic E-state index is 0.123. The van der Waals surface area contributed by atoms with Crippen molar-refractivity contribution in [1.29, 1.82) is 0 Å². The van der Waals surface area contributed by atoms with Gasteiger partial charge in [0, 0.05) is 41.5 Å². The minimum atomic E-state index is -0.336. The van der Waals surface area contributed by atoms with E-state index in [1.54, 1.807) is 16.2 Å².